The molecular formula is C17H22N6O2S. The van der Waals surface area contributed by atoms with Crippen LogP contribution in [0, 0.1) is 23.2 Å². The van der Waals surface area contributed by atoms with Crippen LogP contribution in [0.5, 0.6) is 0 Å². The minimum absolute atomic E-state index is 0.161. The van der Waals surface area contributed by atoms with Crippen molar-refractivity contribution in [2.24, 2.45) is 11.8 Å². The van der Waals surface area contributed by atoms with E-state index in [0.717, 1.165) is 29.7 Å². The summed E-state index contributed by atoms with van der Waals surface area (Å²) in [7, 11) is -1.27. The molecule has 0 radical (unpaired) electrons. The fraction of sp³-hybridized carbons (Fsp3) is 0.588. The number of fused-ring (bicyclic) bond motifs is 1. The van der Waals surface area contributed by atoms with E-state index in [1.165, 1.54) is 4.31 Å². The van der Waals surface area contributed by atoms with E-state index in [0.29, 0.717) is 19.5 Å². The molecular weight excluding hydrogens is 352 g/mol. The Kier molecular flexibility index (Phi) is 4.32. The van der Waals surface area contributed by atoms with Crippen LogP contribution in [-0.2, 0) is 10.0 Å². The van der Waals surface area contributed by atoms with E-state index in [9.17, 15) is 8.42 Å². The Balaban J connectivity index is 1.37. The molecule has 0 unspecified atom stereocenters. The van der Waals surface area contributed by atoms with Gasteiger partial charge in [0, 0.05) is 32.4 Å². The molecule has 2 aliphatic rings. The Morgan fingerprint density at radius 3 is 2.96 bits per heavy atom. The van der Waals surface area contributed by atoms with Gasteiger partial charge in [-0.05, 0) is 31.2 Å². The predicted octanol–water partition coefficient (Wildman–Crippen LogP) is 1.35. The second kappa shape index (κ2) is 6.52. The first-order valence-corrected chi connectivity index (χ1v) is 10.5. The first-order chi connectivity index (χ1) is 12.5. The number of anilines is 1. The van der Waals surface area contributed by atoms with E-state index < -0.39 is 10.0 Å². The van der Waals surface area contributed by atoms with E-state index in [1.807, 2.05) is 19.3 Å². The van der Waals surface area contributed by atoms with Gasteiger partial charge in [0.05, 0.1) is 23.1 Å². The van der Waals surface area contributed by atoms with Crippen LogP contribution in [0.1, 0.15) is 19.3 Å². The molecule has 4 rings (SSSR count). The molecule has 1 aliphatic carbocycles. The fourth-order valence-electron chi connectivity index (χ4n) is 3.96. The molecule has 0 amide bonds. The number of hydrogen-bond donors (Lipinski definition) is 1. The van der Waals surface area contributed by atoms with Gasteiger partial charge >= 0.3 is 0 Å². The van der Waals surface area contributed by atoms with Gasteiger partial charge in [0.25, 0.3) is 0 Å². The number of sulfonamides is 1. The SMILES string of the molecule is CN(c1ncnc2[nH]ccc12)C1CC(CS(=O)(=O)N2CC[C@H](C#N)C2)C1. The van der Waals surface area contributed by atoms with Crippen LogP contribution in [0.4, 0.5) is 5.82 Å². The van der Waals surface area contributed by atoms with Gasteiger partial charge in [-0.15, -0.1) is 0 Å². The maximum Gasteiger partial charge on any atom is 0.214 e. The number of rotatable bonds is 5. The van der Waals surface area contributed by atoms with Crippen LogP contribution >= 0.6 is 0 Å². The third-order valence-corrected chi connectivity index (χ3v) is 7.61. The molecule has 0 spiro atoms. The van der Waals surface area contributed by atoms with Gasteiger partial charge in [-0.25, -0.2) is 22.7 Å². The second-order valence-electron chi connectivity index (χ2n) is 7.29. The van der Waals surface area contributed by atoms with E-state index in [-0.39, 0.29) is 23.6 Å². The normalized spacial score (nSPS) is 26.5. The predicted molar refractivity (Wildman–Crippen MR) is 97.9 cm³/mol. The lowest BCUT2D eigenvalue weighted by Crippen LogP contribution is -2.46. The van der Waals surface area contributed by atoms with Crippen LogP contribution in [0.15, 0.2) is 18.6 Å². The average Bonchev–Trinajstić information content (AvgIpc) is 3.25. The first-order valence-electron chi connectivity index (χ1n) is 8.86. The van der Waals surface area contributed by atoms with Crippen molar-refractivity contribution in [2.75, 3.05) is 30.8 Å². The largest absolute Gasteiger partial charge is 0.356 e. The number of H-pyrrole nitrogens is 1. The molecule has 138 valence electrons. The van der Waals surface area contributed by atoms with Gasteiger partial charge in [0.2, 0.25) is 10.0 Å². The molecule has 2 fully saturated rings. The highest BCUT2D eigenvalue weighted by atomic mass is 32.2. The molecule has 9 heteroatoms. The summed E-state index contributed by atoms with van der Waals surface area (Å²) in [5, 5.41) is 9.94. The van der Waals surface area contributed by atoms with E-state index in [1.54, 1.807) is 6.33 Å². The first kappa shape index (κ1) is 17.2. The van der Waals surface area contributed by atoms with Crippen molar-refractivity contribution in [3.8, 4) is 6.07 Å². The van der Waals surface area contributed by atoms with E-state index in [2.05, 4.69) is 25.9 Å². The number of nitrogens with zero attached hydrogens (tertiary/aromatic N) is 5. The highest BCUT2D eigenvalue weighted by Gasteiger charge is 2.39. The summed E-state index contributed by atoms with van der Waals surface area (Å²) in [6.07, 6.45) is 5.70. The van der Waals surface area contributed by atoms with Crippen molar-refractivity contribution in [3.05, 3.63) is 18.6 Å². The molecule has 1 saturated heterocycles. The molecule has 1 N–H and O–H groups in total. The van der Waals surface area contributed by atoms with Crippen LogP contribution in [-0.4, -0.2) is 59.6 Å². The lowest BCUT2D eigenvalue weighted by molar-refractivity contribution is 0.278. The Morgan fingerprint density at radius 2 is 2.23 bits per heavy atom. The van der Waals surface area contributed by atoms with Crippen molar-refractivity contribution < 1.29 is 8.42 Å². The van der Waals surface area contributed by atoms with Crippen LogP contribution in [0.2, 0.25) is 0 Å². The van der Waals surface area contributed by atoms with Crippen molar-refractivity contribution >= 4 is 26.9 Å². The minimum atomic E-state index is -3.27. The monoisotopic (exact) mass is 374 g/mol. The van der Waals surface area contributed by atoms with Gasteiger partial charge in [0.15, 0.2) is 0 Å². The van der Waals surface area contributed by atoms with Crippen molar-refractivity contribution in [2.45, 2.75) is 25.3 Å². The number of aromatic nitrogens is 3. The zero-order valence-corrected chi connectivity index (χ0v) is 15.5. The molecule has 3 heterocycles. The number of aromatic amines is 1. The summed E-state index contributed by atoms with van der Waals surface area (Å²) in [4.78, 5) is 13.8. The van der Waals surface area contributed by atoms with Crippen molar-refractivity contribution in [3.63, 3.8) is 0 Å². The third kappa shape index (κ3) is 3.04. The van der Waals surface area contributed by atoms with Gasteiger partial charge in [0.1, 0.15) is 17.8 Å². The highest BCUT2D eigenvalue weighted by Crippen LogP contribution is 2.36. The van der Waals surface area contributed by atoms with Crippen molar-refractivity contribution in [1.29, 1.82) is 5.26 Å². The lowest BCUT2D eigenvalue weighted by Gasteiger charge is -2.42. The Hall–Kier alpha value is -2.18. The number of nitriles is 1. The molecule has 26 heavy (non-hydrogen) atoms. The van der Waals surface area contributed by atoms with E-state index >= 15 is 0 Å². The quantitative estimate of drug-likeness (QED) is 0.847. The highest BCUT2D eigenvalue weighted by molar-refractivity contribution is 7.89. The Labute approximate surface area is 152 Å². The summed E-state index contributed by atoms with van der Waals surface area (Å²) < 4.78 is 26.6. The van der Waals surface area contributed by atoms with Gasteiger partial charge in [-0.2, -0.15) is 5.26 Å². The van der Waals surface area contributed by atoms with Gasteiger partial charge < -0.3 is 9.88 Å². The molecule has 1 saturated carbocycles. The standard InChI is InChI=1S/C17H22N6O2S/c1-22(17-15-2-4-19-16(15)20-11-21-17)14-6-13(7-14)10-26(24,25)23-5-3-12(8-18)9-23/h2,4,11-14H,3,5-7,9-10H2,1H3,(H,19,20,21)/t12-,13?,14?/m1/s1. The summed E-state index contributed by atoms with van der Waals surface area (Å²) in [6, 6.07) is 4.42. The maximum atomic E-state index is 12.6. The Morgan fingerprint density at radius 1 is 1.42 bits per heavy atom. The molecule has 2 aromatic heterocycles. The van der Waals surface area contributed by atoms with Gasteiger partial charge in [-0.1, -0.05) is 0 Å². The molecule has 2 aromatic rings. The zero-order valence-electron chi connectivity index (χ0n) is 14.7. The van der Waals surface area contributed by atoms with E-state index in [4.69, 9.17) is 5.26 Å². The second-order valence-corrected chi connectivity index (χ2v) is 9.30. The number of nitrogens with one attached hydrogen (secondary N) is 1. The zero-order chi connectivity index (χ0) is 18.3. The Bertz CT molecular complexity index is 944. The van der Waals surface area contributed by atoms with Crippen LogP contribution in [0.25, 0.3) is 11.0 Å². The van der Waals surface area contributed by atoms with Crippen molar-refractivity contribution in [1.82, 2.24) is 19.3 Å². The summed E-state index contributed by atoms with van der Waals surface area (Å²) in [6.45, 7) is 0.824. The molecule has 1 aliphatic heterocycles. The average molecular weight is 374 g/mol. The minimum Gasteiger partial charge on any atom is -0.356 e. The fourth-order valence-corrected chi connectivity index (χ4v) is 5.82. The van der Waals surface area contributed by atoms with Crippen LogP contribution < -0.4 is 4.90 Å². The van der Waals surface area contributed by atoms with Crippen LogP contribution in [0.3, 0.4) is 0 Å². The van der Waals surface area contributed by atoms with Gasteiger partial charge in [-0.3, -0.25) is 0 Å². The summed E-state index contributed by atoms with van der Waals surface area (Å²) in [5.41, 5.74) is 0.807. The maximum absolute atomic E-state index is 12.6. The summed E-state index contributed by atoms with van der Waals surface area (Å²) in [5.74, 6) is 1.06. The summed E-state index contributed by atoms with van der Waals surface area (Å²) >= 11 is 0. The third-order valence-electron chi connectivity index (χ3n) is 5.60. The number of hydrogen-bond acceptors (Lipinski definition) is 6. The molecule has 1 atom stereocenters. The topological polar surface area (TPSA) is 106 Å². The smallest absolute Gasteiger partial charge is 0.214 e. The molecule has 0 bridgehead atoms. The lowest BCUT2D eigenvalue weighted by atomic mass is 9.81. The molecule has 8 nitrogen and oxygen atoms in total. The molecule has 0 aromatic carbocycles.